The highest BCUT2D eigenvalue weighted by Crippen LogP contribution is 2.26. The summed E-state index contributed by atoms with van der Waals surface area (Å²) in [6.45, 7) is 14.7. The van der Waals surface area contributed by atoms with Gasteiger partial charge >= 0.3 is 0 Å². The largest absolute Gasteiger partial charge is 0.379 e. The second-order valence-electron chi connectivity index (χ2n) is 7.13. The molecule has 0 aromatic rings. The molecule has 0 bridgehead atoms. The van der Waals surface area contributed by atoms with Crippen molar-refractivity contribution in [1.29, 1.82) is 0 Å². The van der Waals surface area contributed by atoms with Gasteiger partial charge < -0.3 is 15.0 Å². The molecule has 1 saturated carbocycles. The van der Waals surface area contributed by atoms with E-state index in [0.29, 0.717) is 6.04 Å². The van der Waals surface area contributed by atoms with E-state index in [1.165, 1.54) is 19.3 Å². The lowest BCUT2D eigenvalue weighted by atomic mass is 10.2. The number of morpholine rings is 1. The topological polar surface area (TPSA) is 43.3 Å². The number of likely N-dealkylation sites (N-methyl/N-ethyl adjacent to an activating group) is 1. The second-order valence-corrected chi connectivity index (χ2v) is 7.13. The van der Waals surface area contributed by atoms with Crippen LogP contribution in [0, 0.1) is 0 Å². The van der Waals surface area contributed by atoms with Crippen LogP contribution in [0.1, 0.15) is 33.1 Å². The van der Waals surface area contributed by atoms with E-state index in [-0.39, 0.29) is 0 Å². The molecule has 1 atom stereocenters. The Bertz CT molecular complexity index is 406. The van der Waals surface area contributed by atoms with Crippen molar-refractivity contribution in [3.8, 4) is 0 Å². The minimum atomic E-state index is 0.663. The van der Waals surface area contributed by atoms with Crippen LogP contribution in [0.2, 0.25) is 0 Å². The molecule has 2 heterocycles. The van der Waals surface area contributed by atoms with Gasteiger partial charge in [-0.15, -0.1) is 0 Å². The Morgan fingerprint density at radius 3 is 2.62 bits per heavy atom. The van der Waals surface area contributed by atoms with Gasteiger partial charge in [-0.25, -0.2) is 0 Å². The molecular weight excluding hydrogens is 302 g/mol. The zero-order valence-corrected chi connectivity index (χ0v) is 15.5. The van der Waals surface area contributed by atoms with Gasteiger partial charge in [0.25, 0.3) is 0 Å². The van der Waals surface area contributed by atoms with E-state index in [4.69, 9.17) is 9.73 Å². The minimum Gasteiger partial charge on any atom is -0.379 e. The molecule has 138 valence electrons. The number of aliphatic imine (C=N–C) groups is 1. The molecule has 3 aliphatic rings. The molecule has 6 heteroatoms. The van der Waals surface area contributed by atoms with Crippen molar-refractivity contribution in [2.24, 2.45) is 4.99 Å². The zero-order chi connectivity index (χ0) is 16.8. The fourth-order valence-corrected chi connectivity index (χ4v) is 3.92. The predicted octanol–water partition coefficient (Wildman–Crippen LogP) is 0.843. The Morgan fingerprint density at radius 2 is 1.96 bits per heavy atom. The number of likely N-dealkylation sites (tertiary alicyclic amines) is 1. The van der Waals surface area contributed by atoms with E-state index in [2.05, 4.69) is 33.9 Å². The summed E-state index contributed by atoms with van der Waals surface area (Å²) in [5.41, 5.74) is 0. The lowest BCUT2D eigenvalue weighted by molar-refractivity contribution is 0.0195. The lowest BCUT2D eigenvalue weighted by Gasteiger charge is -2.32. The fourth-order valence-electron chi connectivity index (χ4n) is 3.92. The molecule has 24 heavy (non-hydrogen) atoms. The Morgan fingerprint density at radius 1 is 1.17 bits per heavy atom. The first kappa shape index (κ1) is 18.0. The average Bonchev–Trinajstić information content (AvgIpc) is 3.34. The van der Waals surface area contributed by atoms with Gasteiger partial charge in [0.15, 0.2) is 5.96 Å². The predicted molar refractivity (Wildman–Crippen MR) is 98.6 cm³/mol. The molecule has 1 aliphatic carbocycles. The van der Waals surface area contributed by atoms with E-state index in [1.807, 2.05) is 0 Å². The van der Waals surface area contributed by atoms with Gasteiger partial charge in [-0.05, 0) is 32.7 Å². The monoisotopic (exact) mass is 337 g/mol. The minimum absolute atomic E-state index is 0.663. The molecule has 3 rings (SSSR count). The molecular formula is C18H35N5O. The first-order valence-corrected chi connectivity index (χ1v) is 9.91. The number of ether oxygens (including phenoxy) is 1. The average molecular weight is 338 g/mol. The van der Waals surface area contributed by atoms with Gasteiger partial charge in [-0.2, -0.15) is 0 Å². The third kappa shape index (κ3) is 4.83. The normalized spacial score (nSPS) is 26.4. The van der Waals surface area contributed by atoms with Crippen LogP contribution in [0.25, 0.3) is 0 Å². The molecule has 6 nitrogen and oxygen atoms in total. The summed E-state index contributed by atoms with van der Waals surface area (Å²) in [4.78, 5) is 12.5. The van der Waals surface area contributed by atoms with E-state index in [9.17, 15) is 0 Å². The van der Waals surface area contributed by atoms with E-state index >= 15 is 0 Å². The Balaban J connectivity index is 1.49. The maximum Gasteiger partial charge on any atom is 0.194 e. The second kappa shape index (κ2) is 9.02. The standard InChI is InChI=1S/C18H35N5O/c1-3-19-18(20-8-10-21(4-2)16-5-6-16)23-9-7-17(15-23)22-11-13-24-14-12-22/h16-17H,3-15H2,1-2H3,(H,19,20). The fraction of sp³-hybridized carbons (Fsp3) is 0.944. The van der Waals surface area contributed by atoms with E-state index in [1.54, 1.807) is 0 Å². The first-order valence-electron chi connectivity index (χ1n) is 9.91. The van der Waals surface area contributed by atoms with E-state index < -0.39 is 0 Å². The molecule has 1 unspecified atom stereocenters. The van der Waals surface area contributed by atoms with Crippen LogP contribution in [0.4, 0.5) is 0 Å². The van der Waals surface area contributed by atoms with Crippen molar-refractivity contribution in [2.45, 2.75) is 45.2 Å². The Labute approximate surface area is 147 Å². The molecule has 0 amide bonds. The molecule has 3 fully saturated rings. The van der Waals surface area contributed by atoms with Crippen molar-refractivity contribution in [3.63, 3.8) is 0 Å². The van der Waals surface area contributed by atoms with Gasteiger partial charge in [-0.3, -0.25) is 14.8 Å². The molecule has 2 saturated heterocycles. The highest BCUT2D eigenvalue weighted by Gasteiger charge is 2.30. The molecule has 0 aromatic carbocycles. The summed E-state index contributed by atoms with van der Waals surface area (Å²) in [6.07, 6.45) is 4.00. The molecule has 1 N–H and O–H groups in total. The SMILES string of the molecule is CCNC(=NCCN(CC)C1CC1)N1CCC(N2CCOCC2)C1. The molecule has 0 spiro atoms. The van der Waals surface area contributed by atoms with Crippen molar-refractivity contribution < 1.29 is 4.74 Å². The number of rotatable bonds is 7. The highest BCUT2D eigenvalue weighted by atomic mass is 16.5. The zero-order valence-electron chi connectivity index (χ0n) is 15.5. The number of hydrogen-bond donors (Lipinski definition) is 1. The third-order valence-electron chi connectivity index (χ3n) is 5.48. The van der Waals surface area contributed by atoms with Crippen LogP contribution >= 0.6 is 0 Å². The van der Waals surface area contributed by atoms with Crippen molar-refractivity contribution in [3.05, 3.63) is 0 Å². The summed E-state index contributed by atoms with van der Waals surface area (Å²) in [5, 5.41) is 3.50. The number of nitrogens with one attached hydrogen (secondary N) is 1. The summed E-state index contributed by atoms with van der Waals surface area (Å²) in [7, 11) is 0. The van der Waals surface area contributed by atoms with Crippen molar-refractivity contribution in [1.82, 2.24) is 20.0 Å². The molecule has 0 radical (unpaired) electrons. The van der Waals surface area contributed by atoms with Gasteiger partial charge in [-0.1, -0.05) is 6.92 Å². The summed E-state index contributed by atoms with van der Waals surface area (Å²) in [6, 6.07) is 1.50. The van der Waals surface area contributed by atoms with Crippen LogP contribution in [0.3, 0.4) is 0 Å². The van der Waals surface area contributed by atoms with Gasteiger partial charge in [0.1, 0.15) is 0 Å². The van der Waals surface area contributed by atoms with Crippen LogP contribution in [0.5, 0.6) is 0 Å². The number of nitrogens with zero attached hydrogens (tertiary/aromatic N) is 4. The number of hydrogen-bond acceptors (Lipinski definition) is 4. The molecule has 0 aromatic heterocycles. The first-order chi connectivity index (χ1) is 11.8. The van der Waals surface area contributed by atoms with Crippen LogP contribution < -0.4 is 5.32 Å². The number of guanidine groups is 1. The third-order valence-corrected chi connectivity index (χ3v) is 5.48. The van der Waals surface area contributed by atoms with Crippen molar-refractivity contribution in [2.75, 3.05) is 65.6 Å². The van der Waals surface area contributed by atoms with Crippen LogP contribution in [0.15, 0.2) is 4.99 Å². The maximum atomic E-state index is 5.49. The van der Waals surface area contributed by atoms with Gasteiger partial charge in [0, 0.05) is 51.4 Å². The molecule has 2 aliphatic heterocycles. The summed E-state index contributed by atoms with van der Waals surface area (Å²) < 4.78 is 5.49. The van der Waals surface area contributed by atoms with Crippen LogP contribution in [-0.4, -0.2) is 98.3 Å². The smallest absolute Gasteiger partial charge is 0.194 e. The Hall–Kier alpha value is -0.850. The summed E-state index contributed by atoms with van der Waals surface area (Å²) in [5.74, 6) is 1.11. The summed E-state index contributed by atoms with van der Waals surface area (Å²) >= 11 is 0. The Kier molecular flexibility index (Phi) is 6.75. The van der Waals surface area contributed by atoms with Crippen molar-refractivity contribution >= 4 is 5.96 Å². The van der Waals surface area contributed by atoms with Gasteiger partial charge in [0.05, 0.1) is 19.8 Å². The quantitative estimate of drug-likeness (QED) is 0.551. The maximum absolute atomic E-state index is 5.49. The van der Waals surface area contributed by atoms with Crippen LogP contribution in [-0.2, 0) is 4.74 Å². The van der Waals surface area contributed by atoms with Gasteiger partial charge in [0.2, 0.25) is 0 Å². The van der Waals surface area contributed by atoms with E-state index in [0.717, 1.165) is 77.6 Å². The lowest BCUT2D eigenvalue weighted by Crippen LogP contribution is -2.46. The highest BCUT2D eigenvalue weighted by molar-refractivity contribution is 5.80.